The lowest BCUT2D eigenvalue weighted by Crippen LogP contribution is -2.21. The topological polar surface area (TPSA) is 46.4 Å². The molecule has 0 saturated carbocycles. The van der Waals surface area contributed by atoms with Gasteiger partial charge in [-0.15, -0.1) is 11.3 Å². The van der Waals surface area contributed by atoms with E-state index in [1.54, 1.807) is 28.0 Å². The summed E-state index contributed by atoms with van der Waals surface area (Å²) < 4.78 is 1.55. The van der Waals surface area contributed by atoms with Crippen molar-refractivity contribution in [3.8, 4) is 0 Å². The van der Waals surface area contributed by atoms with Crippen LogP contribution in [0.3, 0.4) is 0 Å². The van der Waals surface area contributed by atoms with Crippen LogP contribution >= 0.6 is 11.3 Å². The smallest absolute Gasteiger partial charge is 0.258 e. The SMILES string of the molecule is C[C@H](NCc1cc(=O)n2ccccc2n1)c1cccs1. The number of fused-ring (bicyclic) bond motifs is 1. The Morgan fingerprint density at radius 1 is 1.35 bits per heavy atom. The minimum absolute atomic E-state index is 0.0452. The molecule has 3 heterocycles. The molecule has 102 valence electrons. The molecule has 0 bridgehead atoms. The summed E-state index contributed by atoms with van der Waals surface area (Å²) in [6.07, 6.45) is 1.73. The average molecular weight is 285 g/mol. The second kappa shape index (κ2) is 5.56. The molecule has 0 aromatic carbocycles. The second-order valence-corrected chi connectivity index (χ2v) is 5.61. The van der Waals surface area contributed by atoms with Crippen molar-refractivity contribution in [2.45, 2.75) is 19.5 Å². The van der Waals surface area contributed by atoms with E-state index >= 15 is 0 Å². The molecular weight excluding hydrogens is 270 g/mol. The Morgan fingerprint density at radius 3 is 3.05 bits per heavy atom. The summed E-state index contributed by atoms with van der Waals surface area (Å²) in [5.41, 5.74) is 1.40. The van der Waals surface area contributed by atoms with E-state index in [-0.39, 0.29) is 11.6 Å². The molecule has 0 aliphatic carbocycles. The van der Waals surface area contributed by atoms with Gasteiger partial charge in [0.1, 0.15) is 5.65 Å². The van der Waals surface area contributed by atoms with Crippen molar-refractivity contribution in [3.05, 3.63) is 68.9 Å². The van der Waals surface area contributed by atoms with Gasteiger partial charge in [0, 0.05) is 29.7 Å². The Morgan fingerprint density at radius 2 is 2.25 bits per heavy atom. The van der Waals surface area contributed by atoms with E-state index < -0.39 is 0 Å². The summed E-state index contributed by atoms with van der Waals surface area (Å²) in [5, 5.41) is 5.46. The van der Waals surface area contributed by atoms with Gasteiger partial charge in [0.25, 0.3) is 5.56 Å². The van der Waals surface area contributed by atoms with E-state index in [0.29, 0.717) is 12.2 Å². The molecule has 4 nitrogen and oxygen atoms in total. The van der Waals surface area contributed by atoms with Gasteiger partial charge in [0.05, 0.1) is 5.69 Å². The van der Waals surface area contributed by atoms with Gasteiger partial charge in [-0.2, -0.15) is 0 Å². The zero-order chi connectivity index (χ0) is 13.9. The largest absolute Gasteiger partial charge is 0.304 e. The number of nitrogens with zero attached hydrogens (tertiary/aromatic N) is 2. The van der Waals surface area contributed by atoms with Crippen molar-refractivity contribution in [1.29, 1.82) is 0 Å². The van der Waals surface area contributed by atoms with E-state index in [1.165, 1.54) is 4.88 Å². The van der Waals surface area contributed by atoms with Crippen LogP contribution in [-0.4, -0.2) is 9.38 Å². The van der Waals surface area contributed by atoms with Crippen LogP contribution in [-0.2, 0) is 6.54 Å². The van der Waals surface area contributed by atoms with Gasteiger partial charge in [0.2, 0.25) is 0 Å². The van der Waals surface area contributed by atoms with Crippen LogP contribution < -0.4 is 10.9 Å². The third-order valence-electron chi connectivity index (χ3n) is 3.18. The number of aromatic nitrogens is 2. The average Bonchev–Trinajstić information content (AvgIpc) is 2.99. The van der Waals surface area contributed by atoms with Crippen molar-refractivity contribution >= 4 is 17.0 Å². The van der Waals surface area contributed by atoms with Crippen LogP contribution in [0.1, 0.15) is 23.5 Å². The fraction of sp³-hybridized carbons (Fsp3) is 0.200. The number of hydrogen-bond donors (Lipinski definition) is 1. The standard InChI is InChI=1S/C15H15N3OS/c1-11(13-5-4-8-20-13)16-10-12-9-15(19)18-7-3-2-6-14(18)17-12/h2-9,11,16H,10H2,1H3/t11-/m0/s1. The highest BCUT2D eigenvalue weighted by molar-refractivity contribution is 7.10. The Balaban J connectivity index is 1.80. The van der Waals surface area contributed by atoms with Crippen molar-refractivity contribution in [2.24, 2.45) is 0 Å². The Bertz CT molecular complexity index is 764. The maximum atomic E-state index is 12.0. The zero-order valence-electron chi connectivity index (χ0n) is 11.1. The first kappa shape index (κ1) is 13.0. The van der Waals surface area contributed by atoms with Crippen LogP contribution in [0, 0.1) is 0 Å². The minimum Gasteiger partial charge on any atom is -0.304 e. The van der Waals surface area contributed by atoms with Crippen molar-refractivity contribution < 1.29 is 0 Å². The van der Waals surface area contributed by atoms with Crippen LogP contribution in [0.2, 0.25) is 0 Å². The third-order valence-corrected chi connectivity index (χ3v) is 4.24. The predicted molar refractivity (Wildman–Crippen MR) is 81.0 cm³/mol. The molecule has 0 spiro atoms. The monoisotopic (exact) mass is 285 g/mol. The van der Waals surface area contributed by atoms with Crippen molar-refractivity contribution in [3.63, 3.8) is 0 Å². The highest BCUT2D eigenvalue weighted by atomic mass is 32.1. The normalized spacial score (nSPS) is 12.7. The maximum absolute atomic E-state index is 12.0. The minimum atomic E-state index is -0.0452. The van der Waals surface area contributed by atoms with E-state index in [4.69, 9.17) is 0 Å². The third kappa shape index (κ3) is 2.64. The number of hydrogen-bond acceptors (Lipinski definition) is 4. The van der Waals surface area contributed by atoms with Gasteiger partial charge in [-0.3, -0.25) is 9.20 Å². The Kier molecular flexibility index (Phi) is 3.62. The van der Waals surface area contributed by atoms with Crippen molar-refractivity contribution in [2.75, 3.05) is 0 Å². The highest BCUT2D eigenvalue weighted by Crippen LogP contribution is 2.18. The second-order valence-electron chi connectivity index (χ2n) is 4.63. The molecule has 0 unspecified atom stereocenters. The summed E-state index contributed by atoms with van der Waals surface area (Å²) in [6.45, 7) is 2.69. The van der Waals surface area contributed by atoms with Gasteiger partial charge < -0.3 is 5.32 Å². The van der Waals surface area contributed by atoms with E-state index in [1.807, 2.05) is 24.3 Å². The Labute approximate surface area is 120 Å². The number of pyridine rings is 1. The fourth-order valence-corrected chi connectivity index (χ4v) is 2.85. The maximum Gasteiger partial charge on any atom is 0.258 e. The summed E-state index contributed by atoms with van der Waals surface area (Å²) >= 11 is 1.72. The fourth-order valence-electron chi connectivity index (χ4n) is 2.09. The molecule has 0 fully saturated rings. The molecule has 20 heavy (non-hydrogen) atoms. The van der Waals surface area contributed by atoms with Gasteiger partial charge in [-0.25, -0.2) is 4.98 Å². The lowest BCUT2D eigenvalue weighted by Gasteiger charge is -2.11. The molecule has 0 radical (unpaired) electrons. The van der Waals surface area contributed by atoms with Gasteiger partial charge in [-0.1, -0.05) is 12.1 Å². The quantitative estimate of drug-likeness (QED) is 0.801. The van der Waals surface area contributed by atoms with Gasteiger partial charge >= 0.3 is 0 Å². The zero-order valence-corrected chi connectivity index (χ0v) is 11.9. The van der Waals surface area contributed by atoms with Crippen LogP contribution in [0.25, 0.3) is 5.65 Å². The molecule has 3 aromatic heterocycles. The first-order valence-electron chi connectivity index (χ1n) is 6.48. The number of thiophene rings is 1. The van der Waals surface area contributed by atoms with Crippen LogP contribution in [0.5, 0.6) is 0 Å². The number of nitrogens with one attached hydrogen (secondary N) is 1. The lowest BCUT2D eigenvalue weighted by atomic mass is 10.2. The molecule has 5 heteroatoms. The Hall–Kier alpha value is -1.98. The summed E-state index contributed by atoms with van der Waals surface area (Å²) in [5.74, 6) is 0. The van der Waals surface area contributed by atoms with Gasteiger partial charge in [-0.05, 0) is 30.5 Å². The molecule has 0 saturated heterocycles. The molecule has 1 N–H and O–H groups in total. The molecular formula is C15H15N3OS. The number of rotatable bonds is 4. The summed E-state index contributed by atoms with van der Waals surface area (Å²) in [4.78, 5) is 17.7. The molecule has 1 atom stereocenters. The van der Waals surface area contributed by atoms with E-state index in [9.17, 15) is 4.79 Å². The van der Waals surface area contributed by atoms with Crippen LogP contribution in [0.15, 0.2) is 52.8 Å². The predicted octanol–water partition coefficient (Wildman–Crippen LogP) is 2.61. The van der Waals surface area contributed by atoms with Crippen molar-refractivity contribution in [1.82, 2.24) is 14.7 Å². The summed E-state index contributed by atoms with van der Waals surface area (Å²) in [6, 6.07) is 11.5. The molecule has 3 rings (SSSR count). The molecule has 0 aliphatic heterocycles. The molecule has 3 aromatic rings. The first-order valence-corrected chi connectivity index (χ1v) is 7.36. The van der Waals surface area contributed by atoms with E-state index in [0.717, 1.165) is 5.69 Å². The van der Waals surface area contributed by atoms with Crippen LogP contribution in [0.4, 0.5) is 0 Å². The first-order chi connectivity index (χ1) is 9.74. The lowest BCUT2D eigenvalue weighted by molar-refractivity contribution is 0.575. The molecule has 0 aliphatic rings. The van der Waals surface area contributed by atoms with Gasteiger partial charge in [0.15, 0.2) is 0 Å². The highest BCUT2D eigenvalue weighted by Gasteiger charge is 2.07. The summed E-state index contributed by atoms with van der Waals surface area (Å²) in [7, 11) is 0. The van der Waals surface area contributed by atoms with E-state index in [2.05, 4.69) is 28.7 Å². The molecule has 0 amide bonds.